The second-order valence-electron chi connectivity index (χ2n) is 3.87. The van der Waals surface area contributed by atoms with Gasteiger partial charge in [0.25, 0.3) is 0 Å². The molecule has 2 saturated heterocycles. The number of carbonyl (C=O) groups excluding carboxylic acids is 1. The number of nitrogens with one attached hydrogen (secondary N) is 1. The van der Waals surface area contributed by atoms with E-state index in [1.165, 1.54) is 4.90 Å². The Morgan fingerprint density at radius 1 is 1.43 bits per heavy atom. The second kappa shape index (κ2) is 3.48. The number of carboxylic acid groups (broad SMARTS) is 1. The molecule has 5 nitrogen and oxygen atoms in total. The van der Waals surface area contributed by atoms with E-state index in [1.54, 1.807) is 0 Å². The van der Waals surface area contributed by atoms with Crippen molar-refractivity contribution in [2.24, 2.45) is 0 Å². The lowest BCUT2D eigenvalue weighted by atomic mass is 9.95. The van der Waals surface area contributed by atoms with E-state index in [0.717, 1.165) is 19.3 Å². The minimum atomic E-state index is -0.961. The maximum absolute atomic E-state index is 11.5. The Morgan fingerprint density at radius 2 is 2.21 bits per heavy atom. The second-order valence-corrected chi connectivity index (χ2v) is 3.87. The van der Waals surface area contributed by atoms with Crippen molar-refractivity contribution in [3.05, 3.63) is 0 Å². The highest BCUT2D eigenvalue weighted by Crippen LogP contribution is 2.26. The lowest BCUT2D eigenvalue weighted by Crippen LogP contribution is -2.52. The molecule has 0 aromatic carbocycles. The van der Waals surface area contributed by atoms with Crippen LogP contribution in [0.15, 0.2) is 0 Å². The van der Waals surface area contributed by atoms with Crippen LogP contribution in [0.1, 0.15) is 25.7 Å². The van der Waals surface area contributed by atoms with Gasteiger partial charge in [0.1, 0.15) is 6.04 Å². The molecule has 2 amide bonds. The predicted molar refractivity (Wildman–Crippen MR) is 48.9 cm³/mol. The van der Waals surface area contributed by atoms with Crippen LogP contribution >= 0.6 is 0 Å². The monoisotopic (exact) mass is 198 g/mol. The van der Waals surface area contributed by atoms with Gasteiger partial charge in [0.15, 0.2) is 0 Å². The number of hydrogen-bond acceptors (Lipinski definition) is 2. The molecule has 5 heteroatoms. The van der Waals surface area contributed by atoms with Crippen LogP contribution in [0.5, 0.6) is 0 Å². The summed E-state index contributed by atoms with van der Waals surface area (Å²) in [4.78, 5) is 23.9. The summed E-state index contributed by atoms with van der Waals surface area (Å²) in [6.45, 7) is 0.601. The number of rotatable bonds is 0. The number of nitrogens with zero attached hydrogens (tertiary/aromatic N) is 1. The molecule has 78 valence electrons. The number of carbonyl (C=O) groups is 2. The summed E-state index contributed by atoms with van der Waals surface area (Å²) < 4.78 is 0. The Bertz CT molecular complexity index is 267. The van der Waals surface area contributed by atoms with E-state index < -0.39 is 12.1 Å². The lowest BCUT2D eigenvalue weighted by molar-refractivity contribution is -0.126. The van der Waals surface area contributed by atoms with Gasteiger partial charge in [-0.1, -0.05) is 0 Å². The van der Waals surface area contributed by atoms with Crippen LogP contribution < -0.4 is 5.32 Å². The number of hydrogen-bond donors (Lipinski definition) is 2. The quantitative estimate of drug-likeness (QED) is 0.592. The van der Waals surface area contributed by atoms with E-state index in [0.29, 0.717) is 13.0 Å². The first-order valence-electron chi connectivity index (χ1n) is 4.99. The fraction of sp³-hybridized carbons (Fsp3) is 0.778. The Morgan fingerprint density at radius 3 is 2.93 bits per heavy atom. The first kappa shape index (κ1) is 9.30. The number of fused-ring (bicyclic) bond motifs is 2. The zero-order chi connectivity index (χ0) is 10.1. The molecular formula is C9H14N2O3. The Kier molecular flexibility index (Phi) is 2.31. The summed E-state index contributed by atoms with van der Waals surface area (Å²) in [5, 5.41) is 11.8. The third-order valence-electron chi connectivity index (χ3n) is 3.04. The lowest BCUT2D eigenvalue weighted by Gasteiger charge is -2.36. The predicted octanol–water partition coefficient (Wildman–Crippen LogP) is 0.407. The van der Waals surface area contributed by atoms with Crippen LogP contribution in [-0.4, -0.2) is 40.6 Å². The third kappa shape index (κ3) is 1.42. The number of piperidine rings is 1. The Hall–Kier alpha value is -1.26. The molecule has 2 rings (SSSR count). The zero-order valence-corrected chi connectivity index (χ0v) is 7.90. The largest absolute Gasteiger partial charge is 0.465 e. The maximum atomic E-state index is 11.5. The van der Waals surface area contributed by atoms with Gasteiger partial charge < -0.3 is 10.4 Å². The topological polar surface area (TPSA) is 69.6 Å². The summed E-state index contributed by atoms with van der Waals surface area (Å²) in [5.74, 6) is -0.130. The van der Waals surface area contributed by atoms with Gasteiger partial charge in [-0.25, -0.2) is 4.79 Å². The fourth-order valence-electron chi connectivity index (χ4n) is 2.39. The van der Waals surface area contributed by atoms with Gasteiger partial charge in [-0.05, 0) is 25.7 Å². The van der Waals surface area contributed by atoms with Crippen molar-refractivity contribution in [2.75, 3.05) is 6.54 Å². The molecule has 2 fully saturated rings. The normalized spacial score (nSPS) is 32.0. The van der Waals surface area contributed by atoms with Crippen LogP contribution in [0.4, 0.5) is 4.79 Å². The van der Waals surface area contributed by atoms with Gasteiger partial charge in [0.2, 0.25) is 5.91 Å². The highest BCUT2D eigenvalue weighted by Gasteiger charge is 2.39. The van der Waals surface area contributed by atoms with Gasteiger partial charge in [-0.15, -0.1) is 0 Å². The SMILES string of the molecule is O=C1NCCC2CCCC1N2C(=O)O. The van der Waals surface area contributed by atoms with E-state index in [2.05, 4.69) is 5.32 Å². The van der Waals surface area contributed by atoms with Gasteiger partial charge >= 0.3 is 6.09 Å². The molecule has 2 atom stereocenters. The number of amides is 2. The molecule has 2 aliphatic rings. The first-order valence-corrected chi connectivity index (χ1v) is 4.99. The van der Waals surface area contributed by atoms with Crippen LogP contribution in [0.3, 0.4) is 0 Å². The van der Waals surface area contributed by atoms with E-state index in [4.69, 9.17) is 5.11 Å². The zero-order valence-electron chi connectivity index (χ0n) is 7.90. The molecule has 0 radical (unpaired) electrons. The Labute approximate surface area is 82.1 Å². The summed E-state index contributed by atoms with van der Waals surface area (Å²) in [7, 11) is 0. The highest BCUT2D eigenvalue weighted by atomic mass is 16.4. The Balaban J connectivity index is 2.26. The van der Waals surface area contributed by atoms with E-state index in [1.807, 2.05) is 0 Å². The summed E-state index contributed by atoms with van der Waals surface area (Å²) in [5.41, 5.74) is 0. The summed E-state index contributed by atoms with van der Waals surface area (Å²) in [6, 6.07) is -0.418. The summed E-state index contributed by atoms with van der Waals surface area (Å²) >= 11 is 0. The molecule has 2 heterocycles. The van der Waals surface area contributed by atoms with E-state index in [9.17, 15) is 9.59 Å². The average Bonchev–Trinajstić information content (AvgIpc) is 2.24. The first-order chi connectivity index (χ1) is 6.70. The third-order valence-corrected chi connectivity index (χ3v) is 3.04. The molecule has 2 unspecified atom stereocenters. The molecular weight excluding hydrogens is 184 g/mol. The van der Waals surface area contributed by atoms with Gasteiger partial charge in [0.05, 0.1) is 0 Å². The van der Waals surface area contributed by atoms with Crippen molar-refractivity contribution in [1.29, 1.82) is 0 Å². The average molecular weight is 198 g/mol. The minimum absolute atomic E-state index is 0.0326. The van der Waals surface area contributed by atoms with Crippen molar-refractivity contribution in [1.82, 2.24) is 10.2 Å². The van der Waals surface area contributed by atoms with Crippen LogP contribution in [0, 0.1) is 0 Å². The standard InChI is InChI=1S/C9H14N2O3/c12-8-7-3-1-2-6(4-5-10-8)11(7)9(13)14/h6-7H,1-5H2,(H,10,12)(H,13,14). The molecule has 2 bridgehead atoms. The van der Waals surface area contributed by atoms with Crippen molar-refractivity contribution in [3.8, 4) is 0 Å². The molecule has 0 aromatic rings. The van der Waals surface area contributed by atoms with Crippen molar-refractivity contribution in [2.45, 2.75) is 37.8 Å². The molecule has 0 saturated carbocycles. The fourth-order valence-corrected chi connectivity index (χ4v) is 2.39. The summed E-state index contributed by atoms with van der Waals surface area (Å²) in [6.07, 6.45) is 2.28. The molecule has 14 heavy (non-hydrogen) atoms. The molecule has 0 aliphatic carbocycles. The van der Waals surface area contributed by atoms with Crippen molar-refractivity contribution < 1.29 is 14.7 Å². The molecule has 0 spiro atoms. The maximum Gasteiger partial charge on any atom is 0.408 e. The van der Waals surface area contributed by atoms with E-state index >= 15 is 0 Å². The highest BCUT2D eigenvalue weighted by molar-refractivity contribution is 5.86. The van der Waals surface area contributed by atoms with Crippen molar-refractivity contribution >= 4 is 12.0 Å². The minimum Gasteiger partial charge on any atom is -0.465 e. The van der Waals surface area contributed by atoms with Gasteiger partial charge in [-0.2, -0.15) is 0 Å². The smallest absolute Gasteiger partial charge is 0.408 e. The van der Waals surface area contributed by atoms with Gasteiger partial charge in [0, 0.05) is 12.6 Å². The van der Waals surface area contributed by atoms with Crippen LogP contribution in [0.25, 0.3) is 0 Å². The van der Waals surface area contributed by atoms with Crippen LogP contribution in [-0.2, 0) is 4.79 Å². The molecule has 0 aromatic heterocycles. The molecule has 2 aliphatic heterocycles. The van der Waals surface area contributed by atoms with Crippen molar-refractivity contribution in [3.63, 3.8) is 0 Å². The van der Waals surface area contributed by atoms with Gasteiger partial charge in [-0.3, -0.25) is 9.69 Å². The van der Waals surface area contributed by atoms with E-state index in [-0.39, 0.29) is 11.9 Å². The van der Waals surface area contributed by atoms with Crippen LogP contribution in [0.2, 0.25) is 0 Å². The molecule has 2 N–H and O–H groups in total.